The van der Waals surface area contributed by atoms with Crippen molar-refractivity contribution >= 4 is 5.91 Å². The molecule has 0 saturated heterocycles. The number of nitrogens with two attached hydrogens (primary N) is 1. The highest BCUT2D eigenvalue weighted by atomic mass is 16.1. The minimum atomic E-state index is -0.207. The largest absolute Gasteiger partial charge is 0.366 e. The Balaban J connectivity index is 2.23. The van der Waals surface area contributed by atoms with Gasteiger partial charge in [-0.2, -0.15) is 0 Å². The number of hydrogen-bond donors (Lipinski definition) is 1. The smallest absolute Gasteiger partial charge is 0.249 e. The first kappa shape index (κ1) is 10.8. The number of rotatable bonds is 1. The van der Waals surface area contributed by atoms with Gasteiger partial charge in [0.1, 0.15) is 0 Å². The number of primary amides is 1. The number of fused-ring (bicyclic) bond motifs is 2. The van der Waals surface area contributed by atoms with Gasteiger partial charge in [-0.25, -0.2) is 0 Å². The molecule has 0 saturated carbocycles. The summed E-state index contributed by atoms with van der Waals surface area (Å²) in [6.07, 6.45) is 9.25. The summed E-state index contributed by atoms with van der Waals surface area (Å²) >= 11 is 0. The van der Waals surface area contributed by atoms with Gasteiger partial charge < -0.3 is 5.73 Å². The van der Waals surface area contributed by atoms with Crippen LogP contribution in [0.4, 0.5) is 0 Å². The lowest BCUT2D eigenvalue weighted by Gasteiger charge is -2.26. The highest BCUT2D eigenvalue weighted by molar-refractivity contribution is 5.97. The van der Waals surface area contributed by atoms with Crippen LogP contribution in [0.15, 0.2) is 6.07 Å². The highest BCUT2D eigenvalue weighted by Crippen LogP contribution is 2.33. The van der Waals surface area contributed by atoms with Crippen LogP contribution in [-0.4, -0.2) is 5.91 Å². The first-order valence-electron chi connectivity index (χ1n) is 6.73. The second-order valence-electron chi connectivity index (χ2n) is 5.31. The molecule has 2 N–H and O–H groups in total. The fourth-order valence-corrected chi connectivity index (χ4v) is 3.44. The molecule has 0 aromatic heterocycles. The molecule has 2 aliphatic rings. The average Bonchev–Trinajstić information content (AvgIpc) is 2.35. The predicted octanol–water partition coefficient (Wildman–Crippen LogP) is 2.54. The van der Waals surface area contributed by atoms with E-state index in [1.54, 1.807) is 0 Å². The Labute approximate surface area is 102 Å². The molecular weight excluding hydrogens is 210 g/mol. The molecule has 17 heavy (non-hydrogen) atoms. The van der Waals surface area contributed by atoms with Crippen LogP contribution < -0.4 is 5.73 Å². The van der Waals surface area contributed by atoms with Gasteiger partial charge in [0.05, 0.1) is 0 Å². The highest BCUT2D eigenvalue weighted by Gasteiger charge is 2.24. The minimum absolute atomic E-state index is 0.207. The van der Waals surface area contributed by atoms with E-state index in [1.165, 1.54) is 47.9 Å². The van der Waals surface area contributed by atoms with E-state index in [0.29, 0.717) is 0 Å². The van der Waals surface area contributed by atoms with Gasteiger partial charge >= 0.3 is 0 Å². The van der Waals surface area contributed by atoms with Gasteiger partial charge in [-0.1, -0.05) is 6.07 Å². The van der Waals surface area contributed by atoms with Gasteiger partial charge in [-0.05, 0) is 73.6 Å². The molecule has 1 amide bonds. The summed E-state index contributed by atoms with van der Waals surface area (Å²) in [7, 11) is 0. The molecule has 0 unspecified atom stereocenters. The first-order valence-corrected chi connectivity index (χ1v) is 6.73. The zero-order chi connectivity index (χ0) is 11.8. The standard InChI is InChI=1S/C15H19NO/c16-15(17)14-12-7-3-1-5-10(12)9-11-6-2-4-8-13(11)14/h9H,1-8H2,(H2,16,17). The Bertz CT molecular complexity index is 442. The molecule has 0 bridgehead atoms. The molecule has 3 rings (SSSR count). The molecule has 0 radical (unpaired) electrons. The van der Waals surface area contributed by atoms with Crippen molar-refractivity contribution in [3.8, 4) is 0 Å². The van der Waals surface area contributed by atoms with Crippen molar-refractivity contribution in [3.05, 3.63) is 33.9 Å². The van der Waals surface area contributed by atoms with E-state index in [-0.39, 0.29) is 5.91 Å². The van der Waals surface area contributed by atoms with E-state index in [9.17, 15) is 4.79 Å². The summed E-state index contributed by atoms with van der Waals surface area (Å²) in [5, 5.41) is 0. The van der Waals surface area contributed by atoms with E-state index in [4.69, 9.17) is 5.73 Å². The lowest BCUT2D eigenvalue weighted by atomic mass is 9.79. The summed E-state index contributed by atoms with van der Waals surface area (Å²) in [5.74, 6) is -0.207. The number of benzene rings is 1. The van der Waals surface area contributed by atoms with Crippen molar-refractivity contribution in [1.29, 1.82) is 0 Å². The Hall–Kier alpha value is -1.31. The monoisotopic (exact) mass is 229 g/mol. The third kappa shape index (κ3) is 1.76. The minimum Gasteiger partial charge on any atom is -0.366 e. The fourth-order valence-electron chi connectivity index (χ4n) is 3.44. The molecule has 2 aliphatic carbocycles. The number of carbonyl (C=O) groups excluding carboxylic acids is 1. The fraction of sp³-hybridized carbons (Fsp3) is 0.533. The lowest BCUT2D eigenvalue weighted by molar-refractivity contribution is 0.0998. The quantitative estimate of drug-likeness (QED) is 0.790. The van der Waals surface area contributed by atoms with Crippen LogP contribution in [0.5, 0.6) is 0 Å². The molecule has 2 nitrogen and oxygen atoms in total. The van der Waals surface area contributed by atoms with Gasteiger partial charge in [0, 0.05) is 5.56 Å². The van der Waals surface area contributed by atoms with Gasteiger partial charge in [0.25, 0.3) is 0 Å². The van der Waals surface area contributed by atoms with Crippen molar-refractivity contribution in [1.82, 2.24) is 0 Å². The molecule has 1 aromatic rings. The summed E-state index contributed by atoms with van der Waals surface area (Å²) in [6, 6.07) is 2.36. The number of hydrogen-bond acceptors (Lipinski definition) is 1. The maximum atomic E-state index is 11.8. The maximum absolute atomic E-state index is 11.8. The van der Waals surface area contributed by atoms with E-state index in [1.807, 2.05) is 0 Å². The van der Waals surface area contributed by atoms with Gasteiger partial charge in [0.2, 0.25) is 5.91 Å². The lowest BCUT2D eigenvalue weighted by Crippen LogP contribution is -2.22. The molecule has 0 aliphatic heterocycles. The Morgan fingerprint density at radius 3 is 1.82 bits per heavy atom. The Morgan fingerprint density at radius 1 is 0.882 bits per heavy atom. The molecule has 0 atom stereocenters. The van der Waals surface area contributed by atoms with Crippen LogP contribution in [0, 0.1) is 0 Å². The molecule has 2 heteroatoms. The summed E-state index contributed by atoms with van der Waals surface area (Å²) < 4.78 is 0. The van der Waals surface area contributed by atoms with Crippen LogP contribution in [-0.2, 0) is 25.7 Å². The van der Waals surface area contributed by atoms with Crippen molar-refractivity contribution in [3.63, 3.8) is 0 Å². The van der Waals surface area contributed by atoms with E-state index in [0.717, 1.165) is 31.2 Å². The van der Waals surface area contributed by atoms with Crippen molar-refractivity contribution in [2.45, 2.75) is 51.4 Å². The van der Waals surface area contributed by atoms with Crippen LogP contribution in [0.3, 0.4) is 0 Å². The molecule has 0 heterocycles. The average molecular weight is 229 g/mol. The normalized spacial score (nSPS) is 18.4. The molecule has 1 aromatic carbocycles. The van der Waals surface area contributed by atoms with Crippen LogP contribution in [0.1, 0.15) is 58.3 Å². The van der Waals surface area contributed by atoms with Gasteiger partial charge in [-0.15, -0.1) is 0 Å². The van der Waals surface area contributed by atoms with E-state index in [2.05, 4.69) is 6.07 Å². The zero-order valence-corrected chi connectivity index (χ0v) is 10.2. The summed E-state index contributed by atoms with van der Waals surface area (Å²) in [4.78, 5) is 11.8. The van der Waals surface area contributed by atoms with E-state index < -0.39 is 0 Å². The van der Waals surface area contributed by atoms with Crippen molar-refractivity contribution in [2.75, 3.05) is 0 Å². The second kappa shape index (κ2) is 4.17. The first-order chi connectivity index (χ1) is 8.27. The third-order valence-corrected chi connectivity index (χ3v) is 4.22. The summed E-state index contributed by atoms with van der Waals surface area (Å²) in [6.45, 7) is 0. The molecule has 0 fully saturated rings. The van der Waals surface area contributed by atoms with Gasteiger partial charge in [-0.3, -0.25) is 4.79 Å². The van der Waals surface area contributed by atoms with Crippen LogP contribution in [0.2, 0.25) is 0 Å². The van der Waals surface area contributed by atoms with Crippen LogP contribution >= 0.6 is 0 Å². The number of amides is 1. The van der Waals surface area contributed by atoms with Gasteiger partial charge in [0.15, 0.2) is 0 Å². The van der Waals surface area contributed by atoms with Crippen molar-refractivity contribution < 1.29 is 4.79 Å². The topological polar surface area (TPSA) is 43.1 Å². The van der Waals surface area contributed by atoms with E-state index >= 15 is 0 Å². The molecular formula is C15H19NO. The SMILES string of the molecule is NC(=O)c1c2c(cc3c1CCCC3)CCCC2. The van der Waals surface area contributed by atoms with Crippen molar-refractivity contribution in [2.24, 2.45) is 5.73 Å². The third-order valence-electron chi connectivity index (χ3n) is 4.22. The maximum Gasteiger partial charge on any atom is 0.249 e. The molecule has 0 spiro atoms. The number of aryl methyl sites for hydroxylation is 2. The predicted molar refractivity (Wildman–Crippen MR) is 68.2 cm³/mol. The zero-order valence-electron chi connectivity index (χ0n) is 10.2. The Kier molecular flexibility index (Phi) is 2.65. The second-order valence-corrected chi connectivity index (χ2v) is 5.31. The molecule has 90 valence electrons. The number of carbonyl (C=O) groups is 1. The Morgan fingerprint density at radius 2 is 1.35 bits per heavy atom. The van der Waals surface area contributed by atoms with Crippen LogP contribution in [0.25, 0.3) is 0 Å². The summed E-state index contributed by atoms with van der Waals surface area (Å²) in [5.41, 5.74) is 11.8.